The van der Waals surface area contributed by atoms with E-state index in [9.17, 15) is 4.79 Å². The van der Waals surface area contributed by atoms with Crippen LogP contribution in [0.4, 0.5) is 0 Å². The van der Waals surface area contributed by atoms with Crippen LogP contribution in [0.25, 0.3) is 0 Å². The van der Waals surface area contributed by atoms with E-state index < -0.39 is 0 Å². The van der Waals surface area contributed by atoms with Crippen LogP contribution in [0.2, 0.25) is 0 Å². The fraction of sp³-hybridized carbons (Fsp3) is 0.182. The highest BCUT2D eigenvalue weighted by Crippen LogP contribution is 2.24. The normalized spacial score (nSPS) is 21.2. The Kier molecular flexibility index (Phi) is 1.89. The second-order valence-corrected chi connectivity index (χ2v) is 3.16. The Bertz CT molecular complexity index is 342. The third-order valence-electron chi connectivity index (χ3n) is 2.33. The molecule has 1 aromatic carbocycles. The van der Waals surface area contributed by atoms with Gasteiger partial charge in [0.1, 0.15) is 0 Å². The molecule has 66 valence electrons. The number of carbonyl (C=O) groups excluding carboxylic acids is 1. The largest absolute Gasteiger partial charge is 0.332 e. The topological polar surface area (TPSA) is 20.3 Å². The summed E-state index contributed by atoms with van der Waals surface area (Å²) in [4.78, 5) is 12.9. The molecule has 0 saturated carbocycles. The first kappa shape index (κ1) is 8.05. The first-order valence-corrected chi connectivity index (χ1v) is 4.29. The molecule has 0 spiro atoms. The fourth-order valence-electron chi connectivity index (χ4n) is 1.54. The maximum atomic E-state index is 11.2. The third kappa shape index (κ3) is 1.35. The Morgan fingerprint density at radius 3 is 2.46 bits per heavy atom. The van der Waals surface area contributed by atoms with Gasteiger partial charge in [0, 0.05) is 13.1 Å². The van der Waals surface area contributed by atoms with Crippen molar-refractivity contribution in [3.8, 4) is 0 Å². The van der Waals surface area contributed by atoms with Gasteiger partial charge < -0.3 is 4.90 Å². The summed E-state index contributed by atoms with van der Waals surface area (Å²) >= 11 is 0. The van der Waals surface area contributed by atoms with Gasteiger partial charge in [-0.1, -0.05) is 36.4 Å². The molecule has 0 fully saturated rings. The van der Waals surface area contributed by atoms with Crippen LogP contribution in [-0.4, -0.2) is 17.9 Å². The molecular weight excluding hydrogens is 162 g/mol. The zero-order chi connectivity index (χ0) is 9.26. The van der Waals surface area contributed by atoms with Crippen LogP contribution in [0.5, 0.6) is 0 Å². The molecule has 1 aliphatic heterocycles. The van der Waals surface area contributed by atoms with Crippen LogP contribution in [-0.2, 0) is 4.79 Å². The number of hydrogen-bond donors (Lipinski definition) is 0. The van der Waals surface area contributed by atoms with E-state index >= 15 is 0 Å². The van der Waals surface area contributed by atoms with Crippen LogP contribution < -0.4 is 0 Å². The smallest absolute Gasteiger partial charge is 0.246 e. The van der Waals surface area contributed by atoms with Crippen molar-refractivity contribution >= 4 is 5.91 Å². The number of likely N-dealkylation sites (N-methyl/N-ethyl adjacent to an activating group) is 1. The Morgan fingerprint density at radius 1 is 1.23 bits per heavy atom. The van der Waals surface area contributed by atoms with Gasteiger partial charge in [-0.15, -0.1) is 0 Å². The number of hydrogen-bond acceptors (Lipinski definition) is 1. The molecular formula is C11H11NO. The third-order valence-corrected chi connectivity index (χ3v) is 2.33. The summed E-state index contributed by atoms with van der Waals surface area (Å²) in [6.07, 6.45) is 3.55. The van der Waals surface area contributed by atoms with E-state index in [1.54, 1.807) is 11.0 Å². The number of amides is 1. The van der Waals surface area contributed by atoms with E-state index in [4.69, 9.17) is 0 Å². The zero-order valence-electron chi connectivity index (χ0n) is 7.47. The SMILES string of the molecule is CN1C(=O)C=CC1c1ccccc1. The minimum absolute atomic E-state index is 0.0776. The van der Waals surface area contributed by atoms with Crippen molar-refractivity contribution in [1.82, 2.24) is 4.90 Å². The molecule has 0 radical (unpaired) electrons. The van der Waals surface area contributed by atoms with Crippen molar-refractivity contribution in [1.29, 1.82) is 0 Å². The lowest BCUT2D eigenvalue weighted by Gasteiger charge is -2.19. The van der Waals surface area contributed by atoms with Gasteiger partial charge in [0.25, 0.3) is 0 Å². The molecule has 0 aliphatic carbocycles. The van der Waals surface area contributed by atoms with Gasteiger partial charge in [-0.3, -0.25) is 4.79 Å². The lowest BCUT2D eigenvalue weighted by Crippen LogP contribution is -2.23. The molecule has 0 saturated heterocycles. The molecule has 1 aliphatic rings. The van der Waals surface area contributed by atoms with Crippen molar-refractivity contribution in [2.24, 2.45) is 0 Å². The lowest BCUT2D eigenvalue weighted by atomic mass is 10.1. The second-order valence-electron chi connectivity index (χ2n) is 3.16. The molecule has 0 N–H and O–H groups in total. The van der Waals surface area contributed by atoms with Gasteiger partial charge in [-0.05, 0) is 5.56 Å². The minimum Gasteiger partial charge on any atom is -0.332 e. The van der Waals surface area contributed by atoms with Crippen molar-refractivity contribution in [3.05, 3.63) is 48.0 Å². The summed E-state index contributed by atoms with van der Waals surface area (Å²) in [7, 11) is 1.82. The maximum absolute atomic E-state index is 11.2. The van der Waals surface area contributed by atoms with E-state index in [-0.39, 0.29) is 11.9 Å². The van der Waals surface area contributed by atoms with Gasteiger partial charge in [-0.2, -0.15) is 0 Å². The van der Waals surface area contributed by atoms with Crippen LogP contribution in [0.3, 0.4) is 0 Å². The molecule has 1 unspecified atom stereocenters. The molecule has 0 aromatic heterocycles. The average molecular weight is 173 g/mol. The molecule has 1 amide bonds. The maximum Gasteiger partial charge on any atom is 0.246 e. The van der Waals surface area contributed by atoms with Crippen molar-refractivity contribution in [2.75, 3.05) is 7.05 Å². The Hall–Kier alpha value is -1.57. The predicted octanol–water partition coefficient (Wildman–Crippen LogP) is 1.76. The minimum atomic E-state index is 0.0776. The predicted molar refractivity (Wildman–Crippen MR) is 51.1 cm³/mol. The molecule has 0 bridgehead atoms. The Morgan fingerprint density at radius 2 is 1.92 bits per heavy atom. The highest BCUT2D eigenvalue weighted by molar-refractivity contribution is 5.90. The molecule has 1 aromatic rings. The van der Waals surface area contributed by atoms with E-state index in [1.165, 1.54) is 0 Å². The van der Waals surface area contributed by atoms with Gasteiger partial charge in [0.05, 0.1) is 6.04 Å². The van der Waals surface area contributed by atoms with Crippen LogP contribution >= 0.6 is 0 Å². The van der Waals surface area contributed by atoms with Gasteiger partial charge >= 0.3 is 0 Å². The summed E-state index contributed by atoms with van der Waals surface area (Å²) in [6, 6.07) is 10.1. The average Bonchev–Trinajstić information content (AvgIpc) is 2.49. The summed E-state index contributed by atoms with van der Waals surface area (Å²) in [5.41, 5.74) is 1.16. The molecule has 1 heterocycles. The second kappa shape index (κ2) is 3.05. The fourth-order valence-corrected chi connectivity index (χ4v) is 1.54. The number of nitrogens with zero attached hydrogens (tertiary/aromatic N) is 1. The molecule has 13 heavy (non-hydrogen) atoms. The van der Waals surface area contributed by atoms with E-state index in [0.29, 0.717) is 0 Å². The first-order valence-electron chi connectivity index (χ1n) is 4.29. The monoisotopic (exact) mass is 173 g/mol. The Balaban J connectivity index is 2.29. The summed E-state index contributed by atoms with van der Waals surface area (Å²) in [5, 5.41) is 0. The highest BCUT2D eigenvalue weighted by Gasteiger charge is 2.22. The molecule has 2 nitrogen and oxygen atoms in total. The van der Waals surface area contributed by atoms with E-state index in [0.717, 1.165) is 5.56 Å². The van der Waals surface area contributed by atoms with Crippen LogP contribution in [0.15, 0.2) is 42.5 Å². The van der Waals surface area contributed by atoms with E-state index in [2.05, 4.69) is 0 Å². The Labute approximate surface area is 77.5 Å². The molecule has 2 heteroatoms. The summed E-state index contributed by atoms with van der Waals surface area (Å²) in [5.74, 6) is 0.0776. The number of benzene rings is 1. The van der Waals surface area contributed by atoms with E-state index in [1.807, 2.05) is 43.5 Å². The molecule has 2 rings (SSSR count). The van der Waals surface area contributed by atoms with Gasteiger partial charge in [0.15, 0.2) is 0 Å². The number of carbonyl (C=O) groups is 1. The van der Waals surface area contributed by atoms with Crippen molar-refractivity contribution in [3.63, 3.8) is 0 Å². The quantitative estimate of drug-likeness (QED) is 0.633. The first-order chi connectivity index (χ1) is 6.29. The summed E-state index contributed by atoms with van der Waals surface area (Å²) < 4.78 is 0. The summed E-state index contributed by atoms with van der Waals surface area (Å²) in [6.45, 7) is 0. The highest BCUT2D eigenvalue weighted by atomic mass is 16.2. The van der Waals surface area contributed by atoms with Crippen molar-refractivity contribution < 1.29 is 4.79 Å². The van der Waals surface area contributed by atoms with Crippen molar-refractivity contribution in [2.45, 2.75) is 6.04 Å². The zero-order valence-corrected chi connectivity index (χ0v) is 7.47. The van der Waals surface area contributed by atoms with Crippen LogP contribution in [0.1, 0.15) is 11.6 Å². The molecule has 1 atom stereocenters. The lowest BCUT2D eigenvalue weighted by molar-refractivity contribution is -0.124. The number of rotatable bonds is 1. The van der Waals surface area contributed by atoms with Crippen LogP contribution in [0, 0.1) is 0 Å². The van der Waals surface area contributed by atoms with Gasteiger partial charge in [0.2, 0.25) is 5.91 Å². The standard InChI is InChI=1S/C11H11NO/c1-12-10(7-8-11(12)13)9-5-3-2-4-6-9/h2-8,10H,1H3. The van der Waals surface area contributed by atoms with Gasteiger partial charge in [-0.25, -0.2) is 0 Å².